The Morgan fingerprint density at radius 2 is 2.20 bits per heavy atom. The molecule has 1 aromatic rings. The molecule has 1 heterocycles. The molecule has 0 N–H and O–H groups in total. The van der Waals surface area contributed by atoms with Crippen LogP contribution < -0.4 is 0 Å². The summed E-state index contributed by atoms with van der Waals surface area (Å²) in [6.45, 7) is 6.38. The van der Waals surface area contributed by atoms with Gasteiger partial charge >= 0.3 is 0 Å². The molecule has 1 unspecified atom stereocenters. The molecule has 1 atom stereocenters. The Labute approximate surface area is 94.5 Å². The molecule has 1 aromatic heterocycles. The van der Waals surface area contributed by atoms with Crippen LogP contribution >= 0.6 is 11.3 Å². The Kier molecular flexibility index (Phi) is 4.42. The number of carbonyl (C=O) groups excluding carboxylic acids is 1. The zero-order valence-corrected chi connectivity index (χ0v) is 10.5. The van der Waals surface area contributed by atoms with Crippen molar-refractivity contribution in [2.24, 2.45) is 5.92 Å². The number of aryl methyl sites for hydroxylation is 2. The summed E-state index contributed by atoms with van der Waals surface area (Å²) in [4.78, 5) is 17.1. The van der Waals surface area contributed by atoms with E-state index in [1.807, 2.05) is 20.8 Å². The van der Waals surface area contributed by atoms with E-state index in [-0.39, 0.29) is 11.7 Å². The van der Waals surface area contributed by atoms with Gasteiger partial charge in [-0.25, -0.2) is 4.98 Å². The van der Waals surface area contributed by atoms with Crippen molar-refractivity contribution in [2.45, 2.75) is 27.2 Å². The molecule has 0 saturated carbocycles. The minimum Gasteiger partial charge on any atom is -0.385 e. The summed E-state index contributed by atoms with van der Waals surface area (Å²) in [7, 11) is 1.65. The highest BCUT2D eigenvalue weighted by atomic mass is 32.1. The first-order chi connectivity index (χ1) is 7.06. The minimum atomic E-state index is 0.0171. The number of thiazole rings is 1. The van der Waals surface area contributed by atoms with Gasteiger partial charge in [0.25, 0.3) is 0 Å². The predicted molar refractivity (Wildman–Crippen MR) is 61.6 cm³/mol. The maximum atomic E-state index is 12.0. The van der Waals surface area contributed by atoms with Gasteiger partial charge in [0.15, 0.2) is 5.78 Å². The lowest BCUT2D eigenvalue weighted by atomic mass is 10.0. The number of ether oxygens (including phenoxy) is 1. The zero-order valence-electron chi connectivity index (χ0n) is 9.66. The van der Waals surface area contributed by atoms with Crippen LogP contribution in [-0.2, 0) is 4.74 Å². The maximum Gasteiger partial charge on any atom is 0.177 e. The average molecular weight is 227 g/mol. The number of methoxy groups -OCH3 is 1. The molecule has 15 heavy (non-hydrogen) atoms. The van der Waals surface area contributed by atoms with Crippen LogP contribution in [0.3, 0.4) is 0 Å². The topological polar surface area (TPSA) is 39.2 Å². The Hall–Kier alpha value is -0.740. The molecule has 0 aliphatic heterocycles. The monoisotopic (exact) mass is 227 g/mol. The minimum absolute atomic E-state index is 0.0171. The van der Waals surface area contributed by atoms with E-state index in [0.29, 0.717) is 6.61 Å². The molecule has 1 rings (SSSR count). The molecule has 0 aromatic carbocycles. The third-order valence-corrected chi connectivity index (χ3v) is 3.42. The van der Waals surface area contributed by atoms with Crippen molar-refractivity contribution in [3.05, 3.63) is 15.6 Å². The second kappa shape index (κ2) is 5.37. The normalized spacial score (nSPS) is 12.8. The standard InChI is InChI=1S/C11H17NO2S/c1-7(5-6-14-4)10(13)11-8(2)12-9(3)15-11/h7H,5-6H2,1-4H3. The van der Waals surface area contributed by atoms with Crippen LogP contribution in [0.5, 0.6) is 0 Å². The fourth-order valence-corrected chi connectivity index (χ4v) is 2.38. The van der Waals surface area contributed by atoms with Crippen molar-refractivity contribution in [3.63, 3.8) is 0 Å². The number of rotatable bonds is 5. The van der Waals surface area contributed by atoms with Crippen molar-refractivity contribution < 1.29 is 9.53 Å². The summed E-state index contributed by atoms with van der Waals surface area (Å²) in [5, 5.41) is 0.954. The van der Waals surface area contributed by atoms with Crippen LogP contribution in [0, 0.1) is 19.8 Å². The van der Waals surface area contributed by atoms with Crippen molar-refractivity contribution in [1.82, 2.24) is 4.98 Å². The highest BCUT2D eigenvalue weighted by molar-refractivity contribution is 7.13. The van der Waals surface area contributed by atoms with Crippen LogP contribution in [-0.4, -0.2) is 24.5 Å². The number of carbonyl (C=O) groups is 1. The summed E-state index contributed by atoms with van der Waals surface area (Å²) >= 11 is 1.48. The zero-order chi connectivity index (χ0) is 11.4. The third-order valence-electron chi connectivity index (χ3n) is 2.33. The van der Waals surface area contributed by atoms with E-state index in [0.717, 1.165) is 22.0 Å². The molecule has 0 saturated heterocycles. The van der Waals surface area contributed by atoms with Crippen molar-refractivity contribution in [3.8, 4) is 0 Å². The Morgan fingerprint density at radius 3 is 2.67 bits per heavy atom. The molecule has 0 bridgehead atoms. The molecule has 0 amide bonds. The first-order valence-corrected chi connectivity index (χ1v) is 5.85. The molecule has 0 radical (unpaired) electrons. The predicted octanol–water partition coefficient (Wildman–Crippen LogP) is 2.62. The van der Waals surface area contributed by atoms with Crippen LogP contribution in [0.2, 0.25) is 0 Å². The van der Waals surface area contributed by atoms with E-state index in [4.69, 9.17) is 4.74 Å². The number of aromatic nitrogens is 1. The quantitative estimate of drug-likeness (QED) is 0.726. The van der Waals surface area contributed by atoms with E-state index in [9.17, 15) is 4.79 Å². The summed E-state index contributed by atoms with van der Waals surface area (Å²) in [5.74, 6) is 0.207. The molecular formula is C11H17NO2S. The Morgan fingerprint density at radius 1 is 1.53 bits per heavy atom. The maximum absolute atomic E-state index is 12.0. The number of hydrogen-bond acceptors (Lipinski definition) is 4. The lowest BCUT2D eigenvalue weighted by Gasteiger charge is -2.08. The SMILES string of the molecule is COCCC(C)C(=O)c1sc(C)nc1C. The van der Waals surface area contributed by atoms with Crippen molar-refractivity contribution >= 4 is 17.1 Å². The van der Waals surface area contributed by atoms with Gasteiger partial charge in [0.1, 0.15) is 0 Å². The van der Waals surface area contributed by atoms with Gasteiger partial charge in [-0.15, -0.1) is 11.3 Å². The molecule has 0 aliphatic carbocycles. The van der Waals surface area contributed by atoms with Gasteiger partial charge in [0.05, 0.1) is 15.6 Å². The van der Waals surface area contributed by atoms with Crippen molar-refractivity contribution in [2.75, 3.05) is 13.7 Å². The molecule has 84 valence electrons. The van der Waals surface area contributed by atoms with E-state index >= 15 is 0 Å². The van der Waals surface area contributed by atoms with Gasteiger partial charge in [-0.1, -0.05) is 6.92 Å². The second-order valence-electron chi connectivity index (χ2n) is 3.69. The van der Waals surface area contributed by atoms with Gasteiger partial charge in [0.2, 0.25) is 0 Å². The molecule has 0 spiro atoms. The van der Waals surface area contributed by atoms with Gasteiger partial charge in [-0.3, -0.25) is 4.79 Å². The summed E-state index contributed by atoms with van der Waals surface area (Å²) in [5.41, 5.74) is 0.853. The van der Waals surface area contributed by atoms with E-state index < -0.39 is 0 Å². The lowest BCUT2D eigenvalue weighted by molar-refractivity contribution is 0.0897. The van der Waals surface area contributed by atoms with Crippen LogP contribution in [0.4, 0.5) is 0 Å². The first-order valence-electron chi connectivity index (χ1n) is 5.03. The summed E-state index contributed by atoms with van der Waals surface area (Å²) in [6, 6.07) is 0. The van der Waals surface area contributed by atoms with Crippen LogP contribution in [0.1, 0.15) is 33.7 Å². The number of hydrogen-bond donors (Lipinski definition) is 0. The largest absolute Gasteiger partial charge is 0.385 e. The van der Waals surface area contributed by atoms with Crippen molar-refractivity contribution in [1.29, 1.82) is 0 Å². The fourth-order valence-electron chi connectivity index (χ4n) is 1.41. The van der Waals surface area contributed by atoms with Crippen LogP contribution in [0.25, 0.3) is 0 Å². The smallest absolute Gasteiger partial charge is 0.177 e. The lowest BCUT2D eigenvalue weighted by Crippen LogP contribution is -2.13. The molecule has 0 aliphatic rings. The van der Waals surface area contributed by atoms with Gasteiger partial charge in [0, 0.05) is 19.6 Å². The van der Waals surface area contributed by atoms with Gasteiger partial charge in [-0.2, -0.15) is 0 Å². The summed E-state index contributed by atoms with van der Waals surface area (Å²) < 4.78 is 4.97. The third kappa shape index (κ3) is 3.11. The van der Waals surface area contributed by atoms with Gasteiger partial charge in [-0.05, 0) is 20.3 Å². The molecular weight excluding hydrogens is 210 g/mol. The number of ketones is 1. The van der Waals surface area contributed by atoms with E-state index in [1.54, 1.807) is 7.11 Å². The van der Waals surface area contributed by atoms with E-state index in [2.05, 4.69) is 4.98 Å². The first kappa shape index (κ1) is 12.3. The Bertz CT molecular complexity index is 346. The highest BCUT2D eigenvalue weighted by Crippen LogP contribution is 2.22. The summed E-state index contributed by atoms with van der Waals surface area (Å²) in [6.07, 6.45) is 0.770. The van der Waals surface area contributed by atoms with Crippen LogP contribution in [0.15, 0.2) is 0 Å². The fraction of sp³-hybridized carbons (Fsp3) is 0.636. The van der Waals surface area contributed by atoms with Gasteiger partial charge < -0.3 is 4.74 Å². The second-order valence-corrected chi connectivity index (χ2v) is 4.90. The number of Topliss-reactive ketones (excluding diaryl/α,β-unsaturated/α-hetero) is 1. The average Bonchev–Trinajstić information content (AvgIpc) is 2.53. The highest BCUT2D eigenvalue weighted by Gasteiger charge is 2.19. The molecule has 0 fully saturated rings. The Balaban J connectivity index is 2.71. The van der Waals surface area contributed by atoms with E-state index in [1.165, 1.54) is 11.3 Å². The molecule has 3 nitrogen and oxygen atoms in total. The number of nitrogens with zero attached hydrogens (tertiary/aromatic N) is 1. The molecule has 4 heteroatoms.